The number of rotatable bonds is 8. The molecule has 6 nitrogen and oxygen atoms in total. The predicted octanol–water partition coefficient (Wildman–Crippen LogP) is 2.80. The van der Waals surface area contributed by atoms with Crippen molar-refractivity contribution in [3.8, 4) is 5.75 Å². The molecule has 1 amide bonds. The number of carbonyl (C=O) groups excluding carboxylic acids is 3. The minimum Gasteiger partial charge on any atom is -0.497 e. The number of nitrogens with one attached hydrogen (secondary N) is 1. The summed E-state index contributed by atoms with van der Waals surface area (Å²) in [6, 6.07) is 13.7. The topological polar surface area (TPSA) is 81.7 Å². The number of aryl methyl sites for hydroxylation is 1. The van der Waals surface area contributed by atoms with Gasteiger partial charge in [-0.1, -0.05) is 31.2 Å². The summed E-state index contributed by atoms with van der Waals surface area (Å²) < 4.78 is 10.1. The van der Waals surface area contributed by atoms with Crippen molar-refractivity contribution in [2.75, 3.05) is 13.7 Å². The van der Waals surface area contributed by atoms with E-state index in [1.807, 2.05) is 19.1 Å². The van der Waals surface area contributed by atoms with Crippen LogP contribution in [-0.4, -0.2) is 37.4 Å². The average Bonchev–Trinajstić information content (AvgIpc) is 2.71. The largest absolute Gasteiger partial charge is 0.497 e. The highest BCUT2D eigenvalue weighted by Gasteiger charge is 2.20. The normalized spacial score (nSPS) is 11.4. The summed E-state index contributed by atoms with van der Waals surface area (Å²) in [5, 5.41) is 2.47. The van der Waals surface area contributed by atoms with Gasteiger partial charge in [0.1, 0.15) is 12.3 Å². The van der Waals surface area contributed by atoms with Gasteiger partial charge < -0.3 is 14.8 Å². The number of carbonyl (C=O) groups is 3. The third-order valence-electron chi connectivity index (χ3n) is 4.07. The number of ketones is 1. The van der Waals surface area contributed by atoms with Crippen LogP contribution in [0.3, 0.4) is 0 Å². The Kier molecular flexibility index (Phi) is 7.11. The number of ether oxygens (including phenoxy) is 2. The standard InChI is InChI=1S/C21H23NO5/c1-4-15-5-7-16(8-6-15)20(24)14(2)27-19(23)13-22-21(25)17-9-11-18(26-3)12-10-17/h5-12,14H,4,13H2,1-3H3,(H,22,25)/t14-/m1/s1. The summed E-state index contributed by atoms with van der Waals surface area (Å²) in [7, 11) is 1.53. The fourth-order valence-electron chi connectivity index (χ4n) is 2.43. The summed E-state index contributed by atoms with van der Waals surface area (Å²) >= 11 is 0. The molecule has 0 saturated heterocycles. The second-order valence-corrected chi connectivity index (χ2v) is 5.96. The third-order valence-corrected chi connectivity index (χ3v) is 4.07. The van der Waals surface area contributed by atoms with Gasteiger partial charge in [-0.3, -0.25) is 14.4 Å². The first-order valence-corrected chi connectivity index (χ1v) is 8.69. The Labute approximate surface area is 158 Å². The lowest BCUT2D eigenvalue weighted by atomic mass is 10.0. The molecule has 0 heterocycles. The van der Waals surface area contributed by atoms with E-state index in [0.29, 0.717) is 16.9 Å². The van der Waals surface area contributed by atoms with Crippen LogP contribution in [0.5, 0.6) is 5.75 Å². The van der Waals surface area contributed by atoms with Crippen LogP contribution in [0.15, 0.2) is 48.5 Å². The highest BCUT2D eigenvalue weighted by atomic mass is 16.5. The second-order valence-electron chi connectivity index (χ2n) is 5.96. The molecule has 27 heavy (non-hydrogen) atoms. The number of benzene rings is 2. The zero-order chi connectivity index (χ0) is 19.8. The molecule has 0 aliphatic rings. The van der Waals surface area contributed by atoms with E-state index >= 15 is 0 Å². The van der Waals surface area contributed by atoms with Gasteiger partial charge in [-0.25, -0.2) is 0 Å². The van der Waals surface area contributed by atoms with Crippen molar-refractivity contribution in [2.45, 2.75) is 26.4 Å². The van der Waals surface area contributed by atoms with Crippen molar-refractivity contribution in [1.82, 2.24) is 5.32 Å². The maximum atomic E-state index is 12.3. The molecule has 0 unspecified atom stereocenters. The molecular formula is C21H23NO5. The molecule has 0 bridgehead atoms. The van der Waals surface area contributed by atoms with E-state index in [4.69, 9.17) is 9.47 Å². The lowest BCUT2D eigenvalue weighted by Gasteiger charge is -2.13. The van der Waals surface area contributed by atoms with Crippen LogP contribution in [0.25, 0.3) is 0 Å². The van der Waals surface area contributed by atoms with E-state index in [9.17, 15) is 14.4 Å². The molecule has 0 saturated carbocycles. The van der Waals surface area contributed by atoms with E-state index in [1.165, 1.54) is 14.0 Å². The molecule has 1 atom stereocenters. The SMILES string of the molecule is CCc1ccc(C(=O)[C@@H](C)OC(=O)CNC(=O)c2ccc(OC)cc2)cc1. The fourth-order valence-corrected chi connectivity index (χ4v) is 2.43. The van der Waals surface area contributed by atoms with Crippen molar-refractivity contribution < 1.29 is 23.9 Å². The number of esters is 1. The smallest absolute Gasteiger partial charge is 0.326 e. The maximum absolute atomic E-state index is 12.3. The van der Waals surface area contributed by atoms with Crippen molar-refractivity contribution in [3.63, 3.8) is 0 Å². The Bertz CT molecular complexity index is 796. The van der Waals surface area contributed by atoms with Crippen LogP contribution in [-0.2, 0) is 16.0 Å². The average molecular weight is 369 g/mol. The molecule has 0 spiro atoms. The lowest BCUT2D eigenvalue weighted by molar-refractivity contribution is -0.145. The van der Waals surface area contributed by atoms with E-state index in [2.05, 4.69) is 5.32 Å². The molecule has 2 rings (SSSR count). The molecule has 0 aliphatic carbocycles. The van der Waals surface area contributed by atoms with Crippen molar-refractivity contribution >= 4 is 17.7 Å². The van der Waals surface area contributed by atoms with Crippen LogP contribution >= 0.6 is 0 Å². The summed E-state index contributed by atoms with van der Waals surface area (Å²) in [5.74, 6) is -0.746. The van der Waals surface area contributed by atoms with Gasteiger partial charge in [0.2, 0.25) is 5.78 Å². The van der Waals surface area contributed by atoms with Gasteiger partial charge in [-0.15, -0.1) is 0 Å². The minimum atomic E-state index is -0.928. The third kappa shape index (κ3) is 5.67. The van der Waals surface area contributed by atoms with Crippen molar-refractivity contribution in [3.05, 3.63) is 65.2 Å². The van der Waals surface area contributed by atoms with Gasteiger partial charge in [0.25, 0.3) is 5.91 Å². The highest BCUT2D eigenvalue weighted by molar-refractivity contribution is 6.00. The number of hydrogen-bond donors (Lipinski definition) is 1. The van der Waals surface area contributed by atoms with Gasteiger partial charge in [0.05, 0.1) is 7.11 Å². The number of amides is 1. The second kappa shape index (κ2) is 9.52. The first-order valence-electron chi connectivity index (χ1n) is 8.69. The van der Waals surface area contributed by atoms with Gasteiger partial charge in [0, 0.05) is 11.1 Å². The number of methoxy groups -OCH3 is 1. The molecule has 6 heteroatoms. The van der Waals surface area contributed by atoms with E-state index in [1.54, 1.807) is 36.4 Å². The van der Waals surface area contributed by atoms with E-state index in [-0.39, 0.29) is 12.3 Å². The predicted molar refractivity (Wildman–Crippen MR) is 101 cm³/mol. The Morgan fingerprint density at radius 2 is 1.56 bits per heavy atom. The van der Waals surface area contributed by atoms with Gasteiger partial charge in [-0.05, 0) is 43.2 Å². The molecule has 0 fully saturated rings. The highest BCUT2D eigenvalue weighted by Crippen LogP contribution is 2.11. The molecular weight excluding hydrogens is 346 g/mol. The van der Waals surface area contributed by atoms with E-state index < -0.39 is 18.0 Å². The van der Waals surface area contributed by atoms with Gasteiger partial charge in [0.15, 0.2) is 6.10 Å². The summed E-state index contributed by atoms with van der Waals surface area (Å²) in [5.41, 5.74) is 2.00. The minimum absolute atomic E-state index is 0.285. The maximum Gasteiger partial charge on any atom is 0.326 e. The zero-order valence-corrected chi connectivity index (χ0v) is 15.7. The van der Waals surface area contributed by atoms with Gasteiger partial charge >= 0.3 is 5.97 Å². The van der Waals surface area contributed by atoms with Crippen molar-refractivity contribution in [1.29, 1.82) is 0 Å². The molecule has 142 valence electrons. The molecule has 0 aromatic heterocycles. The zero-order valence-electron chi connectivity index (χ0n) is 15.7. The van der Waals surface area contributed by atoms with Crippen LogP contribution in [0, 0.1) is 0 Å². The van der Waals surface area contributed by atoms with Crippen LogP contribution in [0.1, 0.15) is 40.1 Å². The summed E-state index contributed by atoms with van der Waals surface area (Å²) in [4.78, 5) is 36.3. The van der Waals surface area contributed by atoms with E-state index in [0.717, 1.165) is 12.0 Å². The fraction of sp³-hybridized carbons (Fsp3) is 0.286. The Balaban J connectivity index is 1.84. The first kappa shape index (κ1) is 20.2. The van der Waals surface area contributed by atoms with Crippen LogP contribution in [0.2, 0.25) is 0 Å². The number of hydrogen-bond acceptors (Lipinski definition) is 5. The summed E-state index contributed by atoms with van der Waals surface area (Å²) in [6.07, 6.45) is -0.0461. The monoisotopic (exact) mass is 369 g/mol. The van der Waals surface area contributed by atoms with Crippen LogP contribution in [0.4, 0.5) is 0 Å². The quantitative estimate of drug-likeness (QED) is 0.572. The molecule has 1 N–H and O–H groups in total. The molecule has 0 aliphatic heterocycles. The summed E-state index contributed by atoms with van der Waals surface area (Å²) in [6.45, 7) is 3.22. The molecule has 2 aromatic carbocycles. The number of Topliss-reactive ketones (excluding diaryl/α,β-unsaturated/α-hetero) is 1. The molecule has 0 radical (unpaired) electrons. The first-order chi connectivity index (χ1) is 12.9. The lowest BCUT2D eigenvalue weighted by Crippen LogP contribution is -2.34. The molecule has 2 aromatic rings. The Morgan fingerprint density at radius 1 is 0.963 bits per heavy atom. The Morgan fingerprint density at radius 3 is 2.11 bits per heavy atom. The van der Waals surface area contributed by atoms with Gasteiger partial charge in [-0.2, -0.15) is 0 Å². The van der Waals surface area contributed by atoms with Crippen LogP contribution < -0.4 is 10.1 Å². The van der Waals surface area contributed by atoms with Crippen molar-refractivity contribution in [2.24, 2.45) is 0 Å². The Hall–Kier alpha value is -3.15.